The van der Waals surface area contributed by atoms with Gasteiger partial charge in [-0.1, -0.05) is 60.4 Å². The molecular weight excluding hydrogens is 458 g/mol. The number of fused-ring (bicyclic) bond motifs is 7. The molecule has 0 radical (unpaired) electrons. The first kappa shape index (κ1) is 23.7. The Hall–Kier alpha value is -6.06. The van der Waals surface area contributed by atoms with E-state index in [0.717, 1.165) is 28.8 Å². The largest absolute Gasteiger partial charge is 0.341 e. The van der Waals surface area contributed by atoms with Crippen molar-refractivity contribution in [1.82, 2.24) is 4.57 Å². The van der Waals surface area contributed by atoms with Gasteiger partial charge in [0.1, 0.15) is 5.41 Å². The Morgan fingerprint density at radius 3 is 1.92 bits per heavy atom. The van der Waals surface area contributed by atoms with Gasteiger partial charge in [0.2, 0.25) is 0 Å². The molecule has 4 aromatic rings. The summed E-state index contributed by atoms with van der Waals surface area (Å²) in [4.78, 5) is 0. The summed E-state index contributed by atoms with van der Waals surface area (Å²) in [6.07, 6.45) is 10.4. The van der Waals surface area contributed by atoms with E-state index in [1.54, 1.807) is 0 Å². The van der Waals surface area contributed by atoms with Crippen molar-refractivity contribution in [2.45, 2.75) is 18.9 Å². The number of benzene rings is 3. The first-order chi connectivity index (χ1) is 18.8. The molecule has 0 unspecified atom stereocenters. The van der Waals surface area contributed by atoms with Crippen LogP contribution in [0.15, 0.2) is 60.7 Å². The van der Waals surface area contributed by atoms with E-state index in [0.29, 0.717) is 0 Å². The molecule has 0 saturated carbocycles. The van der Waals surface area contributed by atoms with Crippen molar-refractivity contribution in [3.8, 4) is 107 Å². The lowest BCUT2D eigenvalue weighted by atomic mass is 9.79. The van der Waals surface area contributed by atoms with Gasteiger partial charge in [0.05, 0.1) is 0 Å². The highest BCUT2D eigenvalue weighted by Gasteiger charge is 2.42. The third-order valence-corrected chi connectivity index (χ3v) is 6.40. The van der Waals surface area contributed by atoms with Crippen LogP contribution >= 0.6 is 0 Å². The zero-order valence-electron chi connectivity index (χ0n) is 20.6. The van der Waals surface area contributed by atoms with Crippen molar-refractivity contribution in [3.63, 3.8) is 0 Å². The molecule has 0 saturated heterocycles. The third-order valence-electron chi connectivity index (χ3n) is 6.40. The van der Waals surface area contributed by atoms with Crippen molar-refractivity contribution in [3.05, 3.63) is 71.8 Å². The highest BCUT2D eigenvalue weighted by Crippen LogP contribution is 2.52. The van der Waals surface area contributed by atoms with Gasteiger partial charge in [-0.05, 0) is 112 Å². The Morgan fingerprint density at radius 1 is 0.632 bits per heavy atom. The van der Waals surface area contributed by atoms with Gasteiger partial charge >= 0.3 is 0 Å². The summed E-state index contributed by atoms with van der Waals surface area (Å²) in [6.45, 7) is 3.02. The number of hydrogen-bond donors (Lipinski definition) is 0. The molecule has 5 rings (SSSR count). The van der Waals surface area contributed by atoms with Crippen LogP contribution in [-0.2, 0) is 12.0 Å². The molecule has 0 fully saturated rings. The Morgan fingerprint density at radius 2 is 1.24 bits per heavy atom. The Bertz CT molecular complexity index is 2050. The van der Waals surface area contributed by atoms with Crippen molar-refractivity contribution in [2.24, 2.45) is 0 Å². The second-order valence-electron chi connectivity index (χ2n) is 8.23. The minimum absolute atomic E-state index is 0.859. The van der Waals surface area contributed by atoms with Gasteiger partial charge in [0.25, 0.3) is 0 Å². The summed E-state index contributed by atoms with van der Waals surface area (Å²) < 4.78 is 2.34. The fourth-order valence-corrected chi connectivity index (χ4v) is 5.06. The van der Waals surface area contributed by atoms with Gasteiger partial charge < -0.3 is 4.57 Å². The molecular formula is C37H17N. The molecule has 0 N–H and O–H groups in total. The smallest absolute Gasteiger partial charge is 0.145 e. The fraction of sp³-hybridized carbons (Fsp3) is 0.0811. The average molecular weight is 476 g/mol. The third kappa shape index (κ3) is 3.83. The minimum Gasteiger partial charge on any atom is -0.341 e. The molecule has 1 aliphatic carbocycles. The van der Waals surface area contributed by atoms with E-state index in [1.165, 1.54) is 21.8 Å². The van der Waals surface area contributed by atoms with Crippen LogP contribution in [0.1, 0.15) is 18.1 Å². The lowest BCUT2D eigenvalue weighted by molar-refractivity contribution is 0.826. The molecule has 1 aliphatic rings. The van der Waals surface area contributed by atoms with E-state index in [9.17, 15) is 0 Å². The molecule has 1 heterocycles. The van der Waals surface area contributed by atoms with Crippen LogP contribution in [0.2, 0.25) is 0 Å². The highest BCUT2D eigenvalue weighted by molar-refractivity contribution is 6.17. The summed E-state index contributed by atoms with van der Waals surface area (Å²) in [5.74, 6) is 38.3. The topological polar surface area (TPSA) is 4.93 Å². The Kier molecular flexibility index (Phi) is 6.40. The predicted molar refractivity (Wildman–Crippen MR) is 156 cm³/mol. The molecule has 0 amide bonds. The predicted octanol–water partition coefficient (Wildman–Crippen LogP) is 5.37. The van der Waals surface area contributed by atoms with Crippen LogP contribution in [0.3, 0.4) is 0 Å². The number of aromatic nitrogens is 1. The number of nitrogens with zero attached hydrogens (tertiary/aromatic N) is 1. The molecule has 1 nitrogen and oxygen atoms in total. The maximum atomic E-state index is 5.18. The Balaban J connectivity index is 1.88. The average Bonchev–Trinajstić information content (AvgIpc) is 3.43. The summed E-state index contributed by atoms with van der Waals surface area (Å²) in [5, 5.41) is 2.39. The number of rotatable bonds is 1. The first-order valence-electron chi connectivity index (χ1n) is 11.9. The van der Waals surface area contributed by atoms with Gasteiger partial charge in [-0.3, -0.25) is 0 Å². The SMILES string of the molecule is C#CC#CC#CC#CC1(C#CC#CC#CC#C)c2ccccc2-c2c1ccc1c2c2ccccc2n1CC. The highest BCUT2D eigenvalue weighted by atomic mass is 15.0. The number of para-hydroxylation sites is 1. The van der Waals surface area contributed by atoms with E-state index in [1.807, 2.05) is 12.1 Å². The van der Waals surface area contributed by atoms with Crippen molar-refractivity contribution >= 4 is 21.8 Å². The zero-order valence-corrected chi connectivity index (χ0v) is 20.6. The van der Waals surface area contributed by atoms with Crippen LogP contribution in [0, 0.1) is 95.7 Å². The first-order valence-corrected chi connectivity index (χ1v) is 11.9. The summed E-state index contributed by atoms with van der Waals surface area (Å²) in [7, 11) is 0. The second-order valence-corrected chi connectivity index (χ2v) is 8.23. The van der Waals surface area contributed by atoms with E-state index in [2.05, 4.69) is 143 Å². The van der Waals surface area contributed by atoms with E-state index in [4.69, 9.17) is 12.8 Å². The van der Waals surface area contributed by atoms with Gasteiger partial charge in [-0.15, -0.1) is 12.8 Å². The van der Waals surface area contributed by atoms with Gasteiger partial charge in [-0.25, -0.2) is 0 Å². The standard InChI is InChI=1S/C37H17N/c1-4-7-9-11-13-19-27-37(28-20-14-12-10-8-5-2)31-23-17-15-21-29(31)35-32(37)25-26-34-36(35)30-22-16-18-24-33(30)38(34)6-3/h1-2,15-18,21-26H,6H2,3H3. The van der Waals surface area contributed by atoms with Crippen molar-refractivity contribution in [1.29, 1.82) is 0 Å². The normalized spacial score (nSPS) is 10.8. The molecule has 3 aromatic carbocycles. The quantitative estimate of drug-likeness (QED) is 0.327. The van der Waals surface area contributed by atoms with E-state index >= 15 is 0 Å². The number of terminal acetylenes is 2. The van der Waals surface area contributed by atoms with E-state index in [-0.39, 0.29) is 0 Å². The summed E-state index contributed by atoms with van der Waals surface area (Å²) in [6, 6.07) is 21.0. The molecule has 38 heavy (non-hydrogen) atoms. The van der Waals surface area contributed by atoms with Gasteiger partial charge in [-0.2, -0.15) is 0 Å². The molecule has 0 spiro atoms. The fourth-order valence-electron chi connectivity index (χ4n) is 5.06. The van der Waals surface area contributed by atoms with Crippen LogP contribution in [0.4, 0.5) is 0 Å². The van der Waals surface area contributed by atoms with E-state index < -0.39 is 5.41 Å². The van der Waals surface area contributed by atoms with Crippen LogP contribution in [-0.4, -0.2) is 4.57 Å². The Labute approximate surface area is 223 Å². The monoisotopic (exact) mass is 475 g/mol. The molecule has 170 valence electrons. The molecule has 1 heteroatoms. The molecule has 0 bridgehead atoms. The summed E-state index contributed by atoms with van der Waals surface area (Å²) >= 11 is 0. The number of aryl methyl sites for hydroxylation is 1. The lowest BCUT2D eigenvalue weighted by Crippen LogP contribution is -2.21. The van der Waals surface area contributed by atoms with Crippen molar-refractivity contribution < 1.29 is 0 Å². The maximum absolute atomic E-state index is 5.18. The van der Waals surface area contributed by atoms with Crippen LogP contribution < -0.4 is 0 Å². The molecule has 0 aliphatic heterocycles. The van der Waals surface area contributed by atoms with Gasteiger partial charge in [0, 0.05) is 28.4 Å². The molecule has 0 atom stereocenters. The summed E-state index contributed by atoms with van der Waals surface area (Å²) in [5.41, 5.74) is 5.63. The second kappa shape index (κ2) is 10.3. The van der Waals surface area contributed by atoms with Crippen LogP contribution in [0.5, 0.6) is 0 Å². The maximum Gasteiger partial charge on any atom is 0.145 e. The number of hydrogen-bond acceptors (Lipinski definition) is 0. The minimum atomic E-state index is -0.946. The molecule has 1 aromatic heterocycles. The van der Waals surface area contributed by atoms with Crippen molar-refractivity contribution in [2.75, 3.05) is 0 Å². The van der Waals surface area contributed by atoms with Gasteiger partial charge in [0.15, 0.2) is 0 Å². The van der Waals surface area contributed by atoms with Crippen LogP contribution in [0.25, 0.3) is 32.9 Å². The lowest BCUT2D eigenvalue weighted by Gasteiger charge is -2.19. The zero-order chi connectivity index (χ0) is 26.4.